The first-order valence-corrected chi connectivity index (χ1v) is 12.3. The Morgan fingerprint density at radius 3 is 2.86 bits per heavy atom. The van der Waals surface area contributed by atoms with Crippen molar-refractivity contribution in [2.45, 2.75) is 64.1 Å². The Bertz CT molecular complexity index is 1010. The third-order valence-electron chi connectivity index (χ3n) is 5.80. The summed E-state index contributed by atoms with van der Waals surface area (Å²) < 4.78 is 1.73. The third-order valence-corrected chi connectivity index (χ3v) is 7.95. The quantitative estimate of drug-likeness (QED) is 0.403. The summed E-state index contributed by atoms with van der Waals surface area (Å²) in [5.41, 5.74) is 2.15. The monoisotopic (exact) mass is 431 g/mol. The van der Waals surface area contributed by atoms with Crippen molar-refractivity contribution in [3.8, 4) is 0 Å². The highest BCUT2D eigenvalue weighted by molar-refractivity contribution is 7.99. The standard InChI is InChI=1S/C22H29N3O2S2/c1-14(2)11-25-21(27)19-16-8-4-5-9-17(16)29-20(19)23-22(25)28-13-18(26)24-10-6-7-15(3)12-24/h15H,1,4-13H2,2-3H3. The smallest absolute Gasteiger partial charge is 0.263 e. The highest BCUT2D eigenvalue weighted by atomic mass is 32.2. The van der Waals surface area contributed by atoms with Gasteiger partial charge >= 0.3 is 0 Å². The number of carbonyl (C=O) groups excluding carboxylic acids is 1. The van der Waals surface area contributed by atoms with E-state index in [9.17, 15) is 9.59 Å². The molecule has 29 heavy (non-hydrogen) atoms. The molecule has 156 valence electrons. The van der Waals surface area contributed by atoms with Crippen LogP contribution in [0.2, 0.25) is 0 Å². The number of thioether (sulfide) groups is 1. The lowest BCUT2D eigenvalue weighted by Gasteiger charge is -2.30. The number of thiophene rings is 1. The molecule has 0 spiro atoms. The third kappa shape index (κ3) is 4.31. The molecule has 1 amide bonds. The lowest BCUT2D eigenvalue weighted by Crippen LogP contribution is -2.40. The van der Waals surface area contributed by atoms with E-state index in [1.54, 1.807) is 15.9 Å². The van der Waals surface area contributed by atoms with E-state index in [2.05, 4.69) is 13.5 Å². The maximum absolute atomic E-state index is 13.4. The van der Waals surface area contributed by atoms with Gasteiger partial charge in [0.25, 0.3) is 5.56 Å². The van der Waals surface area contributed by atoms with Crippen LogP contribution in [0.1, 0.15) is 50.0 Å². The minimum absolute atomic E-state index is 0.0268. The van der Waals surface area contributed by atoms with Crippen molar-refractivity contribution >= 4 is 39.2 Å². The number of hydrogen-bond acceptors (Lipinski definition) is 5. The topological polar surface area (TPSA) is 55.2 Å². The molecular formula is C22H29N3O2S2. The van der Waals surface area contributed by atoms with Crippen molar-refractivity contribution < 1.29 is 4.79 Å². The van der Waals surface area contributed by atoms with E-state index < -0.39 is 0 Å². The zero-order valence-electron chi connectivity index (χ0n) is 17.3. The molecule has 0 bridgehead atoms. The van der Waals surface area contributed by atoms with Gasteiger partial charge in [0.05, 0.1) is 11.1 Å². The fraction of sp³-hybridized carbons (Fsp3) is 0.591. The van der Waals surface area contributed by atoms with Crippen LogP contribution < -0.4 is 5.56 Å². The van der Waals surface area contributed by atoms with Crippen LogP contribution in [0.5, 0.6) is 0 Å². The van der Waals surface area contributed by atoms with Gasteiger partial charge in [-0.2, -0.15) is 0 Å². The van der Waals surface area contributed by atoms with Crippen molar-refractivity contribution in [1.29, 1.82) is 0 Å². The van der Waals surface area contributed by atoms with E-state index in [-0.39, 0.29) is 11.5 Å². The lowest BCUT2D eigenvalue weighted by molar-refractivity contribution is -0.130. The maximum Gasteiger partial charge on any atom is 0.263 e. The lowest BCUT2D eigenvalue weighted by atomic mass is 9.97. The largest absolute Gasteiger partial charge is 0.342 e. The molecule has 1 unspecified atom stereocenters. The molecule has 2 aromatic rings. The van der Waals surface area contributed by atoms with Crippen molar-refractivity contribution in [3.05, 3.63) is 32.9 Å². The first kappa shape index (κ1) is 20.7. The summed E-state index contributed by atoms with van der Waals surface area (Å²) in [4.78, 5) is 35.1. The molecule has 7 heteroatoms. The SMILES string of the molecule is C=C(C)Cn1c(SCC(=O)N2CCCC(C)C2)nc2sc3c(c2c1=O)CCCC3. The number of rotatable bonds is 5. The number of likely N-dealkylation sites (tertiary alicyclic amines) is 1. The van der Waals surface area contributed by atoms with Crippen LogP contribution in [0, 0.1) is 5.92 Å². The molecular weight excluding hydrogens is 402 g/mol. The molecule has 0 saturated carbocycles. The minimum atomic E-state index is 0.0268. The minimum Gasteiger partial charge on any atom is -0.342 e. The summed E-state index contributed by atoms with van der Waals surface area (Å²) in [6, 6.07) is 0. The van der Waals surface area contributed by atoms with E-state index in [1.807, 2.05) is 11.8 Å². The molecule has 1 saturated heterocycles. The number of amides is 1. The summed E-state index contributed by atoms with van der Waals surface area (Å²) in [6.07, 6.45) is 6.60. The molecule has 1 fully saturated rings. The van der Waals surface area contributed by atoms with Crippen LogP contribution >= 0.6 is 23.1 Å². The van der Waals surface area contributed by atoms with Gasteiger partial charge < -0.3 is 4.90 Å². The van der Waals surface area contributed by atoms with Crippen LogP contribution in [0.3, 0.4) is 0 Å². The Kier molecular flexibility index (Phi) is 6.16. The summed E-state index contributed by atoms with van der Waals surface area (Å²) in [6.45, 7) is 10.2. The van der Waals surface area contributed by atoms with Gasteiger partial charge in [0.1, 0.15) is 4.83 Å². The Morgan fingerprint density at radius 1 is 1.31 bits per heavy atom. The Morgan fingerprint density at radius 2 is 2.10 bits per heavy atom. The second-order valence-corrected chi connectivity index (χ2v) is 10.5. The van der Waals surface area contributed by atoms with E-state index in [1.165, 1.54) is 35.0 Å². The van der Waals surface area contributed by atoms with Crippen LogP contribution in [0.4, 0.5) is 0 Å². The Balaban J connectivity index is 1.64. The number of aryl methyl sites for hydroxylation is 2. The first-order valence-electron chi connectivity index (χ1n) is 10.5. The predicted molar refractivity (Wildman–Crippen MR) is 121 cm³/mol. The van der Waals surface area contributed by atoms with Crippen molar-refractivity contribution in [2.24, 2.45) is 5.92 Å². The summed E-state index contributed by atoms with van der Waals surface area (Å²) in [5, 5.41) is 1.44. The molecule has 1 atom stereocenters. The van der Waals surface area contributed by atoms with E-state index in [4.69, 9.17) is 4.98 Å². The van der Waals surface area contributed by atoms with Crippen LogP contribution in [0.25, 0.3) is 10.2 Å². The van der Waals surface area contributed by atoms with Gasteiger partial charge in [0.2, 0.25) is 5.91 Å². The Labute approximate surface area is 180 Å². The summed E-state index contributed by atoms with van der Waals surface area (Å²) >= 11 is 3.06. The van der Waals surface area contributed by atoms with Gasteiger partial charge in [-0.25, -0.2) is 4.98 Å². The van der Waals surface area contributed by atoms with Crippen LogP contribution in [-0.4, -0.2) is 39.2 Å². The Hall–Kier alpha value is -1.60. The van der Waals surface area contributed by atoms with Crippen molar-refractivity contribution in [3.63, 3.8) is 0 Å². The van der Waals surface area contributed by atoms with Crippen LogP contribution in [0.15, 0.2) is 22.1 Å². The molecule has 4 rings (SSSR count). The van der Waals surface area contributed by atoms with Gasteiger partial charge in [-0.3, -0.25) is 14.2 Å². The normalized spacial score (nSPS) is 19.4. The number of piperidine rings is 1. The van der Waals surface area contributed by atoms with Crippen molar-refractivity contribution in [1.82, 2.24) is 14.5 Å². The molecule has 0 aromatic carbocycles. The number of nitrogens with zero attached hydrogens (tertiary/aromatic N) is 3. The van der Waals surface area contributed by atoms with Crippen LogP contribution in [-0.2, 0) is 24.2 Å². The first-order chi connectivity index (χ1) is 13.9. The molecule has 0 radical (unpaired) electrons. The van der Waals surface area contributed by atoms with Gasteiger partial charge in [-0.15, -0.1) is 11.3 Å². The molecule has 2 aromatic heterocycles. The average molecular weight is 432 g/mol. The van der Waals surface area contributed by atoms with E-state index in [0.717, 1.165) is 54.6 Å². The second kappa shape index (κ2) is 8.64. The van der Waals surface area contributed by atoms with Gasteiger partial charge in [0, 0.05) is 24.5 Å². The number of fused-ring (bicyclic) bond motifs is 3. The fourth-order valence-corrected chi connectivity index (χ4v) is 6.58. The van der Waals surface area contributed by atoms with Gasteiger partial charge in [-0.1, -0.05) is 30.8 Å². The van der Waals surface area contributed by atoms with E-state index in [0.29, 0.717) is 23.4 Å². The number of allylic oxidation sites excluding steroid dienone is 1. The summed E-state index contributed by atoms with van der Waals surface area (Å²) in [5.74, 6) is 1.03. The average Bonchev–Trinajstić information content (AvgIpc) is 3.06. The molecule has 3 heterocycles. The maximum atomic E-state index is 13.4. The molecule has 2 aliphatic rings. The second-order valence-electron chi connectivity index (χ2n) is 8.51. The highest BCUT2D eigenvalue weighted by Crippen LogP contribution is 2.34. The molecule has 0 N–H and O–H groups in total. The zero-order chi connectivity index (χ0) is 20.5. The zero-order valence-corrected chi connectivity index (χ0v) is 19.0. The van der Waals surface area contributed by atoms with Gasteiger partial charge in [-0.05, 0) is 56.9 Å². The molecule has 1 aliphatic carbocycles. The van der Waals surface area contributed by atoms with E-state index >= 15 is 0 Å². The number of aromatic nitrogens is 2. The fourth-order valence-electron chi connectivity index (χ4n) is 4.37. The van der Waals surface area contributed by atoms with Gasteiger partial charge in [0.15, 0.2) is 5.16 Å². The predicted octanol–water partition coefficient (Wildman–Crippen LogP) is 4.26. The highest BCUT2D eigenvalue weighted by Gasteiger charge is 2.24. The molecule has 1 aliphatic heterocycles. The summed E-state index contributed by atoms with van der Waals surface area (Å²) in [7, 11) is 0. The number of carbonyl (C=O) groups is 1. The van der Waals surface area contributed by atoms with Crippen molar-refractivity contribution in [2.75, 3.05) is 18.8 Å². The molecule has 5 nitrogen and oxygen atoms in total. The number of hydrogen-bond donors (Lipinski definition) is 0.